The van der Waals surface area contributed by atoms with Crippen LogP contribution >= 0.6 is 11.3 Å². The molecule has 0 saturated heterocycles. The zero-order valence-electron chi connectivity index (χ0n) is 26.9. The van der Waals surface area contributed by atoms with E-state index in [0.29, 0.717) is 0 Å². The van der Waals surface area contributed by atoms with Crippen molar-refractivity contribution in [3.63, 3.8) is 0 Å². The molecular weight excluding hydrogens is 629 g/mol. The van der Waals surface area contributed by atoms with E-state index >= 15 is 0 Å². The van der Waals surface area contributed by atoms with Gasteiger partial charge in [0.15, 0.2) is 0 Å². The second-order valence-electron chi connectivity index (χ2n) is 13.0. The topological polar surface area (TPSA) is 21.3 Å². The molecule has 0 saturated carbocycles. The highest BCUT2D eigenvalue weighted by atomic mass is 32.1. The Morgan fingerprint density at radius 3 is 2.02 bits per heavy atom. The summed E-state index contributed by atoms with van der Waals surface area (Å²) in [5, 5.41) is 9.80. The van der Waals surface area contributed by atoms with Gasteiger partial charge in [0, 0.05) is 53.4 Å². The lowest BCUT2D eigenvalue weighted by molar-refractivity contribution is 0.669. The minimum atomic E-state index is 0.880. The van der Waals surface area contributed by atoms with Gasteiger partial charge in [-0.25, -0.2) is 0 Å². The average Bonchev–Trinajstić information content (AvgIpc) is 3.83. The van der Waals surface area contributed by atoms with Crippen LogP contribution in [0.4, 0.5) is 17.1 Å². The van der Waals surface area contributed by atoms with E-state index in [1.165, 1.54) is 52.8 Å². The Hall–Kier alpha value is -6.36. The third kappa shape index (κ3) is 4.03. The molecule has 0 spiro atoms. The van der Waals surface area contributed by atoms with Crippen molar-refractivity contribution >= 4 is 103 Å². The summed E-state index contributed by atoms with van der Waals surface area (Å²) in [4.78, 5) is 2.42. The van der Waals surface area contributed by atoms with Gasteiger partial charge in [-0.05, 0) is 89.6 Å². The maximum absolute atomic E-state index is 6.42. The largest absolute Gasteiger partial charge is 0.456 e. The summed E-state index contributed by atoms with van der Waals surface area (Å²) in [5.41, 5.74) is 8.59. The molecule has 0 atom stereocenters. The Morgan fingerprint density at radius 2 is 1.12 bits per heavy atom. The standard InChI is InChI=1S/C46H28N2OS/c1-2-13-31(14-3-1)48-39-17-8-6-15-34(39)37-27-32(22-24-40(37)48)47(41-18-10-20-43-46(41)36-16-7-9-19-42(36)49-43)33-21-23-35-38-25-29-11-4-5-12-30(29)26-44(38)50-45(35)28-33/h1-28H. The van der Waals surface area contributed by atoms with Crippen molar-refractivity contribution in [2.75, 3.05) is 4.90 Å². The molecule has 0 aliphatic heterocycles. The number of hydrogen-bond donors (Lipinski definition) is 0. The molecule has 0 aliphatic rings. The number of hydrogen-bond acceptors (Lipinski definition) is 3. The van der Waals surface area contributed by atoms with Crippen LogP contribution in [0.3, 0.4) is 0 Å². The van der Waals surface area contributed by atoms with Crippen molar-refractivity contribution in [2.45, 2.75) is 0 Å². The minimum Gasteiger partial charge on any atom is -0.456 e. The summed E-state index contributed by atoms with van der Waals surface area (Å²) in [6.07, 6.45) is 0. The fourth-order valence-electron chi connectivity index (χ4n) is 7.91. The Balaban J connectivity index is 1.19. The average molecular weight is 657 g/mol. The number of para-hydroxylation sites is 3. The molecule has 11 rings (SSSR count). The van der Waals surface area contributed by atoms with Crippen molar-refractivity contribution in [3.05, 3.63) is 170 Å². The number of fused-ring (bicyclic) bond motifs is 10. The molecule has 0 unspecified atom stereocenters. The molecule has 234 valence electrons. The SMILES string of the molecule is c1ccc(-n2c3ccccc3c3cc(N(c4ccc5c(c4)sc4cc6ccccc6cc45)c4cccc5oc6ccccc6c45)ccc32)cc1. The van der Waals surface area contributed by atoms with Crippen LogP contribution in [-0.4, -0.2) is 4.57 Å². The molecule has 11 aromatic rings. The Labute approximate surface area is 291 Å². The van der Waals surface area contributed by atoms with E-state index in [2.05, 4.69) is 173 Å². The van der Waals surface area contributed by atoms with Gasteiger partial charge < -0.3 is 13.9 Å². The van der Waals surface area contributed by atoms with E-state index in [4.69, 9.17) is 4.42 Å². The van der Waals surface area contributed by atoms with Gasteiger partial charge in [0.1, 0.15) is 11.2 Å². The van der Waals surface area contributed by atoms with Crippen molar-refractivity contribution in [1.29, 1.82) is 0 Å². The van der Waals surface area contributed by atoms with Crippen LogP contribution in [0.25, 0.3) is 80.4 Å². The van der Waals surface area contributed by atoms with E-state index in [1.807, 2.05) is 17.4 Å². The lowest BCUT2D eigenvalue weighted by Crippen LogP contribution is -2.10. The van der Waals surface area contributed by atoms with Crippen LogP contribution in [0.2, 0.25) is 0 Å². The third-order valence-electron chi connectivity index (χ3n) is 10.1. The molecule has 0 aliphatic carbocycles. The van der Waals surface area contributed by atoms with Crippen molar-refractivity contribution in [2.24, 2.45) is 0 Å². The minimum absolute atomic E-state index is 0.880. The van der Waals surface area contributed by atoms with Gasteiger partial charge in [-0.3, -0.25) is 0 Å². The van der Waals surface area contributed by atoms with Crippen LogP contribution in [0.1, 0.15) is 0 Å². The first-order chi connectivity index (χ1) is 24.8. The molecule has 0 N–H and O–H groups in total. The van der Waals surface area contributed by atoms with E-state index in [1.54, 1.807) is 0 Å². The normalized spacial score (nSPS) is 12.0. The van der Waals surface area contributed by atoms with Gasteiger partial charge in [0.25, 0.3) is 0 Å². The van der Waals surface area contributed by atoms with Gasteiger partial charge in [-0.15, -0.1) is 11.3 Å². The Morgan fingerprint density at radius 1 is 0.440 bits per heavy atom. The monoisotopic (exact) mass is 656 g/mol. The summed E-state index contributed by atoms with van der Waals surface area (Å²) >= 11 is 1.86. The summed E-state index contributed by atoms with van der Waals surface area (Å²) in [6, 6.07) is 61.3. The number of thiophene rings is 1. The zero-order valence-corrected chi connectivity index (χ0v) is 27.7. The highest BCUT2D eigenvalue weighted by molar-refractivity contribution is 7.25. The van der Waals surface area contributed by atoms with Crippen LogP contribution in [0, 0.1) is 0 Å². The van der Waals surface area contributed by atoms with E-state index in [-0.39, 0.29) is 0 Å². The molecule has 3 nitrogen and oxygen atoms in total. The summed E-state index contributed by atoms with van der Waals surface area (Å²) in [7, 11) is 0. The van der Waals surface area contributed by atoms with Crippen molar-refractivity contribution in [1.82, 2.24) is 4.57 Å². The fraction of sp³-hybridized carbons (Fsp3) is 0. The van der Waals surface area contributed by atoms with Gasteiger partial charge in [-0.1, -0.05) is 91.0 Å². The lowest BCUT2D eigenvalue weighted by Gasteiger charge is -2.26. The van der Waals surface area contributed by atoms with Crippen LogP contribution in [-0.2, 0) is 0 Å². The number of aromatic nitrogens is 1. The van der Waals surface area contributed by atoms with Gasteiger partial charge >= 0.3 is 0 Å². The van der Waals surface area contributed by atoms with E-state index in [0.717, 1.165) is 44.7 Å². The molecule has 0 fully saturated rings. The zero-order chi connectivity index (χ0) is 32.8. The number of benzene rings is 8. The summed E-state index contributed by atoms with van der Waals surface area (Å²) in [6.45, 7) is 0. The molecule has 0 bridgehead atoms. The van der Waals surface area contributed by atoms with E-state index < -0.39 is 0 Å². The Kier molecular flexibility index (Phi) is 5.83. The van der Waals surface area contributed by atoms with Crippen molar-refractivity contribution < 1.29 is 4.42 Å². The number of rotatable bonds is 4. The second kappa shape index (κ2) is 10.6. The molecule has 3 aromatic heterocycles. The second-order valence-corrected chi connectivity index (χ2v) is 14.0. The first-order valence-corrected chi connectivity index (χ1v) is 17.7. The lowest BCUT2D eigenvalue weighted by atomic mass is 10.0. The predicted octanol–water partition coefficient (Wildman–Crippen LogP) is 13.7. The first-order valence-electron chi connectivity index (χ1n) is 16.9. The molecule has 0 amide bonds. The Bertz CT molecular complexity index is 3110. The van der Waals surface area contributed by atoms with Crippen molar-refractivity contribution in [3.8, 4) is 5.69 Å². The maximum Gasteiger partial charge on any atom is 0.137 e. The quantitative estimate of drug-likeness (QED) is 0.188. The fourth-order valence-corrected chi connectivity index (χ4v) is 9.08. The molecule has 8 aromatic carbocycles. The summed E-state index contributed by atoms with van der Waals surface area (Å²) in [5.74, 6) is 0. The van der Waals surface area contributed by atoms with Gasteiger partial charge in [0.2, 0.25) is 0 Å². The highest BCUT2D eigenvalue weighted by Crippen LogP contribution is 2.46. The van der Waals surface area contributed by atoms with Crippen LogP contribution in [0.15, 0.2) is 174 Å². The number of anilines is 3. The first kappa shape index (κ1) is 27.6. The van der Waals surface area contributed by atoms with Gasteiger partial charge in [-0.2, -0.15) is 0 Å². The highest BCUT2D eigenvalue weighted by Gasteiger charge is 2.22. The molecule has 50 heavy (non-hydrogen) atoms. The van der Waals surface area contributed by atoms with E-state index in [9.17, 15) is 0 Å². The van der Waals surface area contributed by atoms with Crippen LogP contribution in [0.5, 0.6) is 0 Å². The smallest absolute Gasteiger partial charge is 0.137 e. The molecule has 4 heteroatoms. The number of nitrogens with zero attached hydrogens (tertiary/aromatic N) is 2. The predicted molar refractivity (Wildman–Crippen MR) is 213 cm³/mol. The van der Waals surface area contributed by atoms with Gasteiger partial charge in [0.05, 0.1) is 22.1 Å². The maximum atomic E-state index is 6.42. The molecule has 0 radical (unpaired) electrons. The third-order valence-corrected chi connectivity index (χ3v) is 11.2. The molecular formula is C46H28N2OS. The summed E-state index contributed by atoms with van der Waals surface area (Å²) < 4.78 is 11.4. The van der Waals surface area contributed by atoms with Crippen LogP contribution < -0.4 is 4.90 Å². The molecule has 3 heterocycles. The number of furan rings is 1.